The zero-order valence-corrected chi connectivity index (χ0v) is 14.0. The summed E-state index contributed by atoms with van der Waals surface area (Å²) in [5.41, 5.74) is 2.76. The molecule has 2 aromatic heterocycles. The molecule has 1 amide bonds. The Morgan fingerprint density at radius 1 is 1.17 bits per heavy atom. The van der Waals surface area contributed by atoms with Crippen molar-refractivity contribution in [1.29, 1.82) is 0 Å². The van der Waals surface area contributed by atoms with Crippen LogP contribution in [-0.2, 0) is 11.2 Å². The van der Waals surface area contributed by atoms with Gasteiger partial charge in [-0.2, -0.15) is 0 Å². The molecule has 0 atom stereocenters. The van der Waals surface area contributed by atoms with Crippen molar-refractivity contribution in [2.24, 2.45) is 0 Å². The molecule has 3 rings (SSSR count). The largest absolute Gasteiger partial charge is 0.325 e. The van der Waals surface area contributed by atoms with E-state index in [9.17, 15) is 4.79 Å². The number of aromatic nitrogens is 4. The Bertz CT molecular complexity index is 801. The first kappa shape index (κ1) is 16.2. The molecule has 0 radical (unpaired) electrons. The number of rotatable bonds is 6. The first-order valence-electron chi connectivity index (χ1n) is 7.60. The summed E-state index contributed by atoms with van der Waals surface area (Å²) in [6, 6.07) is 13.4. The number of carbonyl (C=O) groups is 1. The van der Waals surface area contributed by atoms with Crippen molar-refractivity contribution in [3.63, 3.8) is 0 Å². The van der Waals surface area contributed by atoms with E-state index >= 15 is 0 Å². The number of hydrogen-bond acceptors (Lipinski definition) is 5. The van der Waals surface area contributed by atoms with Crippen LogP contribution in [0.1, 0.15) is 12.5 Å². The zero-order valence-electron chi connectivity index (χ0n) is 13.2. The van der Waals surface area contributed by atoms with Crippen LogP contribution in [0.2, 0.25) is 0 Å². The number of thioether (sulfide) groups is 1. The molecular weight excluding hydrogens is 322 g/mol. The fourth-order valence-electron chi connectivity index (χ4n) is 2.08. The first-order valence-corrected chi connectivity index (χ1v) is 8.59. The summed E-state index contributed by atoms with van der Waals surface area (Å²) < 4.78 is 0. The number of aryl methyl sites for hydroxylation is 1. The van der Waals surface area contributed by atoms with Crippen molar-refractivity contribution in [2.75, 3.05) is 11.1 Å². The van der Waals surface area contributed by atoms with Gasteiger partial charge in [0, 0.05) is 11.9 Å². The Balaban J connectivity index is 1.53. The minimum Gasteiger partial charge on any atom is -0.325 e. The number of H-pyrrole nitrogens is 1. The van der Waals surface area contributed by atoms with Gasteiger partial charge >= 0.3 is 0 Å². The van der Waals surface area contributed by atoms with Gasteiger partial charge in [-0.15, -0.1) is 10.2 Å². The fourth-order valence-corrected chi connectivity index (χ4v) is 2.69. The Labute approximate surface area is 144 Å². The van der Waals surface area contributed by atoms with Crippen LogP contribution in [-0.4, -0.2) is 31.8 Å². The van der Waals surface area contributed by atoms with E-state index in [4.69, 9.17) is 0 Å². The van der Waals surface area contributed by atoms with Gasteiger partial charge in [0.1, 0.15) is 5.69 Å². The van der Waals surface area contributed by atoms with Crippen molar-refractivity contribution in [2.45, 2.75) is 18.5 Å². The molecule has 122 valence electrons. The Hall–Kier alpha value is -2.67. The van der Waals surface area contributed by atoms with Gasteiger partial charge in [0.05, 0.1) is 5.75 Å². The zero-order chi connectivity index (χ0) is 16.8. The molecule has 3 aromatic rings. The number of pyridine rings is 1. The Morgan fingerprint density at radius 2 is 2.00 bits per heavy atom. The van der Waals surface area contributed by atoms with Gasteiger partial charge < -0.3 is 10.3 Å². The van der Waals surface area contributed by atoms with Gasteiger partial charge in [-0.05, 0) is 36.2 Å². The molecule has 24 heavy (non-hydrogen) atoms. The minimum atomic E-state index is -0.0833. The summed E-state index contributed by atoms with van der Waals surface area (Å²) in [7, 11) is 0. The van der Waals surface area contributed by atoms with E-state index < -0.39 is 0 Å². The molecular formula is C17H17N5OS. The highest BCUT2D eigenvalue weighted by Crippen LogP contribution is 2.18. The van der Waals surface area contributed by atoms with Crippen molar-refractivity contribution in [1.82, 2.24) is 20.2 Å². The third-order valence-electron chi connectivity index (χ3n) is 3.36. The van der Waals surface area contributed by atoms with E-state index in [0.29, 0.717) is 11.0 Å². The molecule has 7 heteroatoms. The van der Waals surface area contributed by atoms with Crippen molar-refractivity contribution in [3.05, 3.63) is 54.2 Å². The molecule has 0 aliphatic rings. The summed E-state index contributed by atoms with van der Waals surface area (Å²) in [5.74, 6) is 0.764. The lowest BCUT2D eigenvalue weighted by Gasteiger charge is -2.05. The number of nitrogens with zero attached hydrogens (tertiary/aromatic N) is 3. The molecule has 0 saturated heterocycles. The predicted octanol–water partition coefficient (Wildman–Crippen LogP) is 3.16. The lowest BCUT2D eigenvalue weighted by Crippen LogP contribution is -2.14. The number of aromatic amines is 1. The number of benzene rings is 1. The van der Waals surface area contributed by atoms with Crippen molar-refractivity contribution < 1.29 is 4.79 Å². The lowest BCUT2D eigenvalue weighted by molar-refractivity contribution is -0.113. The molecule has 0 saturated carbocycles. The fraction of sp³-hybridized carbons (Fsp3) is 0.176. The van der Waals surface area contributed by atoms with Crippen LogP contribution < -0.4 is 5.32 Å². The van der Waals surface area contributed by atoms with Crippen LogP contribution in [0, 0.1) is 0 Å². The standard InChI is InChI=1S/C17H17N5OS/c1-2-12-6-8-13(9-7-12)19-15(23)11-24-17-20-16(21-22-17)14-5-3-4-10-18-14/h3-10H,2,11H2,1H3,(H,19,23)(H,20,21,22). The second-order valence-corrected chi connectivity index (χ2v) is 6.05. The van der Waals surface area contributed by atoms with Gasteiger partial charge in [-0.3, -0.25) is 9.78 Å². The third-order valence-corrected chi connectivity index (χ3v) is 4.22. The van der Waals surface area contributed by atoms with Crippen LogP contribution in [0.25, 0.3) is 11.5 Å². The second kappa shape index (κ2) is 7.74. The maximum absolute atomic E-state index is 12.0. The number of amides is 1. The lowest BCUT2D eigenvalue weighted by atomic mass is 10.1. The highest BCUT2D eigenvalue weighted by atomic mass is 32.2. The molecule has 1 aromatic carbocycles. The normalized spacial score (nSPS) is 10.5. The number of nitrogens with one attached hydrogen (secondary N) is 2. The summed E-state index contributed by atoms with van der Waals surface area (Å²) in [5, 5.41) is 11.5. The first-order chi connectivity index (χ1) is 11.7. The smallest absolute Gasteiger partial charge is 0.234 e. The summed E-state index contributed by atoms with van der Waals surface area (Å²) in [6.07, 6.45) is 2.68. The molecule has 0 aliphatic heterocycles. The monoisotopic (exact) mass is 339 g/mol. The van der Waals surface area contributed by atoms with Crippen LogP contribution in [0.4, 0.5) is 5.69 Å². The predicted molar refractivity (Wildman–Crippen MR) is 94.8 cm³/mol. The van der Waals surface area contributed by atoms with Crippen molar-refractivity contribution >= 4 is 23.4 Å². The van der Waals surface area contributed by atoms with Crippen LogP contribution in [0.15, 0.2) is 53.8 Å². The molecule has 0 aliphatic carbocycles. The van der Waals surface area contributed by atoms with Gasteiger partial charge in [-0.1, -0.05) is 36.9 Å². The van der Waals surface area contributed by atoms with Crippen LogP contribution in [0.3, 0.4) is 0 Å². The molecule has 6 nitrogen and oxygen atoms in total. The molecule has 2 heterocycles. The molecule has 0 unspecified atom stereocenters. The number of hydrogen-bond donors (Lipinski definition) is 2. The third kappa shape index (κ3) is 4.20. The highest BCUT2D eigenvalue weighted by molar-refractivity contribution is 7.99. The molecule has 2 N–H and O–H groups in total. The Morgan fingerprint density at radius 3 is 2.71 bits per heavy atom. The molecule has 0 bridgehead atoms. The van der Waals surface area contributed by atoms with E-state index in [-0.39, 0.29) is 11.7 Å². The maximum Gasteiger partial charge on any atom is 0.234 e. The Kier molecular flexibility index (Phi) is 5.22. The van der Waals surface area contributed by atoms with Gasteiger partial charge in [0.2, 0.25) is 5.91 Å². The van der Waals surface area contributed by atoms with E-state index in [2.05, 4.69) is 32.4 Å². The van der Waals surface area contributed by atoms with Gasteiger partial charge in [0.15, 0.2) is 11.0 Å². The van der Waals surface area contributed by atoms with Crippen LogP contribution >= 0.6 is 11.8 Å². The summed E-state index contributed by atoms with van der Waals surface area (Å²) in [4.78, 5) is 19.3. The SMILES string of the molecule is CCc1ccc(NC(=O)CSc2nnc(-c3ccccn3)[nH]2)cc1. The van der Waals surface area contributed by atoms with Gasteiger partial charge in [0.25, 0.3) is 0 Å². The molecule has 0 fully saturated rings. The number of anilines is 1. The molecule has 0 spiro atoms. The van der Waals surface area contributed by atoms with E-state index in [1.165, 1.54) is 17.3 Å². The minimum absolute atomic E-state index is 0.0833. The van der Waals surface area contributed by atoms with E-state index in [1.807, 2.05) is 42.5 Å². The average molecular weight is 339 g/mol. The maximum atomic E-state index is 12.0. The quantitative estimate of drug-likeness (QED) is 0.674. The average Bonchev–Trinajstić information content (AvgIpc) is 3.10. The number of carbonyl (C=O) groups excluding carboxylic acids is 1. The topological polar surface area (TPSA) is 83.6 Å². The van der Waals surface area contributed by atoms with E-state index in [1.54, 1.807) is 6.20 Å². The van der Waals surface area contributed by atoms with Gasteiger partial charge in [-0.25, -0.2) is 0 Å². The van der Waals surface area contributed by atoms with Crippen molar-refractivity contribution in [3.8, 4) is 11.5 Å². The van der Waals surface area contributed by atoms with Crippen LogP contribution in [0.5, 0.6) is 0 Å². The second-order valence-electron chi connectivity index (χ2n) is 5.08. The summed E-state index contributed by atoms with van der Waals surface area (Å²) in [6.45, 7) is 2.10. The highest BCUT2D eigenvalue weighted by Gasteiger charge is 2.09. The van der Waals surface area contributed by atoms with E-state index in [0.717, 1.165) is 17.8 Å². The summed E-state index contributed by atoms with van der Waals surface area (Å²) >= 11 is 1.30.